The fourth-order valence-electron chi connectivity index (χ4n) is 1.81. The zero-order valence-corrected chi connectivity index (χ0v) is 12.4. The van der Waals surface area contributed by atoms with E-state index < -0.39 is 0 Å². The molecule has 3 N–H and O–H groups in total. The first-order valence-corrected chi connectivity index (χ1v) is 7.13. The van der Waals surface area contributed by atoms with Gasteiger partial charge in [0.1, 0.15) is 0 Å². The molecule has 0 atom stereocenters. The van der Waals surface area contributed by atoms with E-state index in [0.29, 0.717) is 0 Å². The molecule has 1 aromatic rings. The van der Waals surface area contributed by atoms with Crippen LogP contribution in [-0.4, -0.2) is 6.54 Å². The maximum atomic E-state index is 5.79. The minimum absolute atomic E-state index is 0.816. The van der Waals surface area contributed by atoms with E-state index in [1.54, 1.807) is 0 Å². The summed E-state index contributed by atoms with van der Waals surface area (Å²) >= 11 is 3.45. The van der Waals surface area contributed by atoms with Gasteiger partial charge >= 0.3 is 0 Å². The fourth-order valence-corrected chi connectivity index (χ4v) is 2.37. The zero-order chi connectivity index (χ0) is 12.7. The van der Waals surface area contributed by atoms with Crippen LogP contribution in [0, 0.1) is 5.92 Å². The Balaban J connectivity index is 2.18. The first-order chi connectivity index (χ1) is 8.08. The number of anilines is 1. The summed E-state index contributed by atoms with van der Waals surface area (Å²) in [6.45, 7) is 6.53. The molecule has 2 nitrogen and oxygen atoms in total. The largest absolute Gasteiger partial charge is 0.399 e. The number of nitrogen functional groups attached to an aromatic ring is 1. The maximum absolute atomic E-state index is 5.79. The lowest BCUT2D eigenvalue weighted by atomic mass is 10.1. The molecule has 0 spiro atoms. The maximum Gasteiger partial charge on any atom is 0.0328 e. The van der Waals surface area contributed by atoms with E-state index >= 15 is 0 Å². The number of hydrogen-bond donors (Lipinski definition) is 2. The van der Waals surface area contributed by atoms with Crippen LogP contribution in [0.25, 0.3) is 0 Å². The Morgan fingerprint density at radius 1 is 1.24 bits per heavy atom. The number of nitrogens with one attached hydrogen (secondary N) is 1. The third kappa shape index (κ3) is 6.69. The molecule has 0 aliphatic carbocycles. The van der Waals surface area contributed by atoms with Gasteiger partial charge in [-0.1, -0.05) is 42.6 Å². The van der Waals surface area contributed by atoms with Crippen molar-refractivity contribution in [1.29, 1.82) is 0 Å². The summed E-state index contributed by atoms with van der Waals surface area (Å²) in [6, 6.07) is 6.05. The van der Waals surface area contributed by atoms with Gasteiger partial charge in [-0.05, 0) is 42.6 Å². The topological polar surface area (TPSA) is 38.0 Å². The van der Waals surface area contributed by atoms with Crippen LogP contribution in [0.4, 0.5) is 5.69 Å². The highest BCUT2D eigenvalue weighted by atomic mass is 79.9. The molecule has 1 aromatic carbocycles. The molecule has 96 valence electrons. The molecule has 0 aliphatic rings. The van der Waals surface area contributed by atoms with Crippen LogP contribution in [0.5, 0.6) is 0 Å². The monoisotopic (exact) mass is 298 g/mol. The van der Waals surface area contributed by atoms with Crippen molar-refractivity contribution in [2.75, 3.05) is 12.3 Å². The Bertz CT molecular complexity index is 317. The zero-order valence-electron chi connectivity index (χ0n) is 10.8. The van der Waals surface area contributed by atoms with E-state index in [1.807, 2.05) is 12.1 Å². The molecule has 0 heterocycles. The summed E-state index contributed by atoms with van der Waals surface area (Å²) < 4.78 is 1.05. The predicted octanol–water partition coefficient (Wildman–Crippen LogP) is 3.95. The molecule has 3 heteroatoms. The number of halogens is 1. The number of hydrogen-bond acceptors (Lipinski definition) is 2. The van der Waals surface area contributed by atoms with Crippen molar-refractivity contribution in [3.05, 3.63) is 28.2 Å². The van der Waals surface area contributed by atoms with E-state index in [-0.39, 0.29) is 0 Å². The van der Waals surface area contributed by atoms with Gasteiger partial charge in [-0.25, -0.2) is 0 Å². The lowest BCUT2D eigenvalue weighted by Crippen LogP contribution is -2.15. The molecule has 0 saturated heterocycles. The van der Waals surface area contributed by atoms with Crippen molar-refractivity contribution < 1.29 is 0 Å². The van der Waals surface area contributed by atoms with Crippen LogP contribution < -0.4 is 11.1 Å². The first-order valence-electron chi connectivity index (χ1n) is 6.33. The Morgan fingerprint density at radius 3 is 2.65 bits per heavy atom. The standard InChI is InChI=1S/C14H23BrN2/c1-11(2)5-3-4-6-17-10-12-7-13(15)9-14(16)8-12/h7-9,11,17H,3-6,10,16H2,1-2H3. The van der Waals surface area contributed by atoms with E-state index in [9.17, 15) is 0 Å². The Kier molecular flexibility index (Phi) is 6.60. The normalized spacial score (nSPS) is 11.1. The average Bonchev–Trinajstić information content (AvgIpc) is 2.21. The van der Waals surface area contributed by atoms with Crippen LogP contribution in [0.3, 0.4) is 0 Å². The third-order valence-electron chi connectivity index (χ3n) is 2.69. The highest BCUT2D eigenvalue weighted by Crippen LogP contribution is 2.17. The fraction of sp³-hybridized carbons (Fsp3) is 0.571. The van der Waals surface area contributed by atoms with Gasteiger partial charge in [0.25, 0.3) is 0 Å². The summed E-state index contributed by atoms with van der Waals surface area (Å²) in [5.74, 6) is 0.819. The van der Waals surface area contributed by atoms with Gasteiger partial charge in [0.15, 0.2) is 0 Å². The number of rotatable bonds is 7. The molecule has 0 radical (unpaired) electrons. The van der Waals surface area contributed by atoms with Crippen LogP contribution in [0.15, 0.2) is 22.7 Å². The molecule has 0 aliphatic heterocycles. The third-order valence-corrected chi connectivity index (χ3v) is 3.15. The van der Waals surface area contributed by atoms with Crippen molar-refractivity contribution in [3.8, 4) is 0 Å². The van der Waals surface area contributed by atoms with Gasteiger partial charge in [0.05, 0.1) is 0 Å². The van der Waals surface area contributed by atoms with Gasteiger partial charge < -0.3 is 11.1 Å². The SMILES string of the molecule is CC(C)CCCCNCc1cc(N)cc(Br)c1. The van der Waals surface area contributed by atoms with E-state index in [0.717, 1.165) is 29.2 Å². The average molecular weight is 299 g/mol. The molecular weight excluding hydrogens is 276 g/mol. The first kappa shape index (κ1) is 14.5. The molecule has 0 bridgehead atoms. The molecule has 0 aromatic heterocycles. The van der Waals surface area contributed by atoms with Crippen molar-refractivity contribution in [1.82, 2.24) is 5.32 Å². The van der Waals surface area contributed by atoms with Crippen molar-refractivity contribution >= 4 is 21.6 Å². The summed E-state index contributed by atoms with van der Waals surface area (Å²) in [6.07, 6.45) is 3.89. The molecule has 0 amide bonds. The van der Waals surface area contributed by atoms with Crippen molar-refractivity contribution in [3.63, 3.8) is 0 Å². The van der Waals surface area contributed by atoms with E-state index in [1.165, 1.54) is 24.8 Å². The highest BCUT2D eigenvalue weighted by Gasteiger charge is 1.97. The summed E-state index contributed by atoms with van der Waals surface area (Å²) in [4.78, 5) is 0. The lowest BCUT2D eigenvalue weighted by Gasteiger charge is -2.07. The number of unbranched alkanes of at least 4 members (excludes halogenated alkanes) is 1. The predicted molar refractivity (Wildman–Crippen MR) is 79.0 cm³/mol. The molecule has 0 unspecified atom stereocenters. The van der Waals surface area contributed by atoms with Crippen molar-refractivity contribution in [2.45, 2.75) is 39.7 Å². The molecule has 0 fully saturated rings. The van der Waals surface area contributed by atoms with E-state index in [2.05, 4.69) is 41.2 Å². The molecule has 0 saturated carbocycles. The smallest absolute Gasteiger partial charge is 0.0328 e. The second-order valence-electron chi connectivity index (χ2n) is 4.96. The van der Waals surface area contributed by atoms with Crippen LogP contribution in [0.1, 0.15) is 38.7 Å². The van der Waals surface area contributed by atoms with E-state index in [4.69, 9.17) is 5.73 Å². The van der Waals surface area contributed by atoms with Crippen LogP contribution in [-0.2, 0) is 6.54 Å². The van der Waals surface area contributed by atoms with Crippen LogP contribution in [0.2, 0.25) is 0 Å². The summed E-state index contributed by atoms with van der Waals surface area (Å²) in [5.41, 5.74) is 7.84. The summed E-state index contributed by atoms with van der Waals surface area (Å²) in [5, 5.41) is 3.45. The number of nitrogens with two attached hydrogens (primary N) is 1. The Hall–Kier alpha value is -0.540. The molecule has 17 heavy (non-hydrogen) atoms. The molecule has 1 rings (SSSR count). The van der Waals surface area contributed by atoms with Gasteiger partial charge in [-0.15, -0.1) is 0 Å². The second kappa shape index (κ2) is 7.72. The minimum Gasteiger partial charge on any atom is -0.399 e. The van der Waals surface area contributed by atoms with Gasteiger partial charge in [0.2, 0.25) is 0 Å². The van der Waals surface area contributed by atoms with Crippen molar-refractivity contribution in [2.24, 2.45) is 5.92 Å². The highest BCUT2D eigenvalue weighted by molar-refractivity contribution is 9.10. The number of benzene rings is 1. The quantitative estimate of drug-likeness (QED) is 0.591. The lowest BCUT2D eigenvalue weighted by molar-refractivity contribution is 0.520. The van der Waals surface area contributed by atoms with Gasteiger partial charge in [-0.3, -0.25) is 0 Å². The Labute approximate surface area is 113 Å². The minimum atomic E-state index is 0.816. The second-order valence-corrected chi connectivity index (χ2v) is 5.87. The summed E-state index contributed by atoms with van der Waals surface area (Å²) in [7, 11) is 0. The van der Waals surface area contributed by atoms with Gasteiger partial charge in [0, 0.05) is 16.7 Å². The molecular formula is C14H23BrN2. The van der Waals surface area contributed by atoms with Gasteiger partial charge in [-0.2, -0.15) is 0 Å². The van der Waals surface area contributed by atoms with Crippen LogP contribution >= 0.6 is 15.9 Å². The Morgan fingerprint density at radius 2 is 2.00 bits per heavy atom.